The van der Waals surface area contributed by atoms with Crippen LogP contribution in [0.1, 0.15) is 20.1 Å². The molecule has 1 saturated heterocycles. The number of nitrogens with zero attached hydrogens (tertiary/aromatic N) is 3. The number of ether oxygens (including phenoxy) is 1. The SMILES string of the molecule is C[C@]1(CO)O[C@@H](n2ccc3c(N)ncnc32)[C@H](O)[C@]1(C)O. The Balaban J connectivity index is 2.10. The van der Waals surface area contributed by atoms with Crippen molar-refractivity contribution in [1.82, 2.24) is 14.5 Å². The van der Waals surface area contributed by atoms with Gasteiger partial charge in [-0.1, -0.05) is 0 Å². The first-order valence-corrected chi connectivity index (χ1v) is 6.58. The molecule has 0 spiro atoms. The maximum Gasteiger partial charge on any atom is 0.165 e. The van der Waals surface area contributed by atoms with E-state index in [9.17, 15) is 15.3 Å². The van der Waals surface area contributed by atoms with Crippen molar-refractivity contribution in [3.05, 3.63) is 18.6 Å². The summed E-state index contributed by atoms with van der Waals surface area (Å²) in [7, 11) is 0. The first-order chi connectivity index (χ1) is 9.82. The van der Waals surface area contributed by atoms with Crippen LogP contribution in [0.15, 0.2) is 18.6 Å². The maximum absolute atomic E-state index is 10.5. The average molecular weight is 294 g/mol. The van der Waals surface area contributed by atoms with E-state index < -0.39 is 30.1 Å². The van der Waals surface area contributed by atoms with Gasteiger partial charge in [-0.3, -0.25) is 0 Å². The highest BCUT2D eigenvalue weighted by Crippen LogP contribution is 2.45. The predicted molar refractivity (Wildman–Crippen MR) is 74.2 cm³/mol. The van der Waals surface area contributed by atoms with Gasteiger partial charge in [0.25, 0.3) is 0 Å². The van der Waals surface area contributed by atoms with E-state index in [2.05, 4.69) is 9.97 Å². The molecule has 2 aromatic rings. The van der Waals surface area contributed by atoms with Crippen molar-refractivity contribution in [3.63, 3.8) is 0 Å². The summed E-state index contributed by atoms with van der Waals surface area (Å²) in [5.74, 6) is 0.322. The molecule has 2 aromatic heterocycles. The van der Waals surface area contributed by atoms with Crippen LogP contribution >= 0.6 is 0 Å². The number of fused-ring (bicyclic) bond motifs is 1. The molecule has 21 heavy (non-hydrogen) atoms. The van der Waals surface area contributed by atoms with Gasteiger partial charge in [0.1, 0.15) is 35.1 Å². The quantitative estimate of drug-likeness (QED) is 0.582. The summed E-state index contributed by atoms with van der Waals surface area (Å²) >= 11 is 0. The smallest absolute Gasteiger partial charge is 0.165 e. The predicted octanol–water partition coefficient (Wildman–Crippen LogP) is -0.595. The third kappa shape index (κ3) is 1.77. The molecule has 0 radical (unpaired) electrons. The van der Waals surface area contributed by atoms with E-state index in [1.54, 1.807) is 23.8 Å². The van der Waals surface area contributed by atoms with Crippen LogP contribution in [0.25, 0.3) is 11.0 Å². The van der Waals surface area contributed by atoms with Crippen LogP contribution in [-0.4, -0.2) is 53.8 Å². The van der Waals surface area contributed by atoms with Crippen molar-refractivity contribution in [2.24, 2.45) is 0 Å². The Labute approximate surface area is 120 Å². The van der Waals surface area contributed by atoms with Crippen molar-refractivity contribution < 1.29 is 20.1 Å². The van der Waals surface area contributed by atoms with E-state index >= 15 is 0 Å². The normalized spacial score (nSPS) is 36.4. The van der Waals surface area contributed by atoms with Crippen molar-refractivity contribution >= 4 is 16.9 Å². The zero-order chi connectivity index (χ0) is 15.4. The maximum atomic E-state index is 10.5. The first-order valence-electron chi connectivity index (χ1n) is 6.58. The summed E-state index contributed by atoms with van der Waals surface area (Å²) in [5, 5.41) is 31.0. The third-order valence-corrected chi connectivity index (χ3v) is 4.41. The molecule has 0 aromatic carbocycles. The Morgan fingerprint density at radius 1 is 1.43 bits per heavy atom. The van der Waals surface area contributed by atoms with Gasteiger partial charge in [0, 0.05) is 6.20 Å². The molecular weight excluding hydrogens is 276 g/mol. The van der Waals surface area contributed by atoms with E-state index in [0.717, 1.165) is 0 Å². The monoisotopic (exact) mass is 294 g/mol. The van der Waals surface area contributed by atoms with E-state index in [-0.39, 0.29) is 0 Å². The largest absolute Gasteiger partial charge is 0.393 e. The minimum absolute atomic E-state index is 0.322. The van der Waals surface area contributed by atoms with Gasteiger partial charge in [0.05, 0.1) is 12.0 Å². The molecule has 3 heterocycles. The highest BCUT2D eigenvalue weighted by molar-refractivity contribution is 5.86. The fraction of sp³-hybridized carbons (Fsp3) is 0.538. The lowest BCUT2D eigenvalue weighted by Crippen LogP contribution is -2.54. The molecule has 0 bridgehead atoms. The molecule has 0 amide bonds. The van der Waals surface area contributed by atoms with Crippen LogP contribution in [0, 0.1) is 0 Å². The first kappa shape index (κ1) is 14.2. The minimum atomic E-state index is -1.61. The van der Waals surface area contributed by atoms with Gasteiger partial charge in [0.2, 0.25) is 0 Å². The van der Waals surface area contributed by atoms with Crippen LogP contribution in [0.5, 0.6) is 0 Å². The molecule has 1 aliphatic rings. The highest BCUT2D eigenvalue weighted by Gasteiger charge is 2.60. The molecular formula is C13H18N4O4. The van der Waals surface area contributed by atoms with Gasteiger partial charge < -0.3 is 30.4 Å². The Morgan fingerprint density at radius 2 is 2.14 bits per heavy atom. The molecule has 8 heteroatoms. The van der Waals surface area contributed by atoms with Crippen LogP contribution in [0.3, 0.4) is 0 Å². The zero-order valence-electron chi connectivity index (χ0n) is 11.8. The molecule has 4 atom stereocenters. The minimum Gasteiger partial charge on any atom is -0.393 e. The summed E-state index contributed by atoms with van der Waals surface area (Å²) in [6.07, 6.45) is 0.854. The second kappa shape index (κ2) is 4.38. The zero-order valence-corrected chi connectivity index (χ0v) is 11.8. The van der Waals surface area contributed by atoms with Crippen molar-refractivity contribution in [2.45, 2.75) is 37.4 Å². The Hall–Kier alpha value is -1.74. The molecule has 5 N–H and O–H groups in total. The molecule has 3 rings (SSSR count). The lowest BCUT2D eigenvalue weighted by atomic mass is 9.84. The van der Waals surface area contributed by atoms with Crippen LogP contribution in [0.2, 0.25) is 0 Å². The summed E-state index contributed by atoms with van der Waals surface area (Å²) in [6.45, 7) is 2.55. The van der Waals surface area contributed by atoms with Gasteiger partial charge in [-0.25, -0.2) is 9.97 Å². The van der Waals surface area contributed by atoms with E-state index in [4.69, 9.17) is 10.5 Å². The fourth-order valence-electron chi connectivity index (χ4n) is 2.64. The lowest BCUT2D eigenvalue weighted by molar-refractivity contribution is -0.149. The molecule has 0 saturated carbocycles. The number of anilines is 1. The Morgan fingerprint density at radius 3 is 2.76 bits per heavy atom. The van der Waals surface area contributed by atoms with E-state index in [1.165, 1.54) is 13.3 Å². The average Bonchev–Trinajstić information content (AvgIpc) is 2.94. The van der Waals surface area contributed by atoms with E-state index in [1.807, 2.05) is 0 Å². The number of aliphatic hydroxyl groups excluding tert-OH is 2. The summed E-state index contributed by atoms with van der Waals surface area (Å²) < 4.78 is 7.31. The molecule has 1 fully saturated rings. The second-order valence-electron chi connectivity index (χ2n) is 5.71. The Kier molecular flexibility index (Phi) is 2.96. The molecule has 8 nitrogen and oxygen atoms in total. The number of aromatic nitrogens is 3. The molecule has 0 aliphatic carbocycles. The van der Waals surface area contributed by atoms with E-state index in [0.29, 0.717) is 16.9 Å². The fourth-order valence-corrected chi connectivity index (χ4v) is 2.64. The number of nitrogens with two attached hydrogens (primary N) is 1. The number of hydrogen-bond acceptors (Lipinski definition) is 7. The third-order valence-electron chi connectivity index (χ3n) is 4.41. The summed E-state index contributed by atoms with van der Waals surface area (Å²) in [4.78, 5) is 8.04. The van der Waals surface area contributed by atoms with Crippen molar-refractivity contribution in [1.29, 1.82) is 0 Å². The topological polar surface area (TPSA) is 127 Å². The lowest BCUT2D eigenvalue weighted by Gasteiger charge is -2.34. The van der Waals surface area contributed by atoms with Gasteiger partial charge in [-0.05, 0) is 19.9 Å². The van der Waals surface area contributed by atoms with Gasteiger partial charge in [-0.2, -0.15) is 0 Å². The van der Waals surface area contributed by atoms with Gasteiger partial charge >= 0.3 is 0 Å². The summed E-state index contributed by atoms with van der Waals surface area (Å²) in [5.41, 5.74) is 3.37. The number of rotatable bonds is 2. The van der Waals surface area contributed by atoms with Gasteiger partial charge in [-0.15, -0.1) is 0 Å². The number of aliphatic hydroxyl groups is 3. The molecule has 1 aliphatic heterocycles. The molecule has 0 unspecified atom stereocenters. The summed E-state index contributed by atoms with van der Waals surface area (Å²) in [6, 6.07) is 1.71. The number of hydrogen-bond donors (Lipinski definition) is 4. The van der Waals surface area contributed by atoms with Crippen molar-refractivity contribution in [3.8, 4) is 0 Å². The highest BCUT2D eigenvalue weighted by atomic mass is 16.6. The number of nitrogen functional groups attached to an aromatic ring is 1. The van der Waals surface area contributed by atoms with Crippen LogP contribution in [-0.2, 0) is 4.74 Å². The molecule has 114 valence electrons. The standard InChI is InChI=1S/C13H18N4O4/c1-12(5-18)13(2,20)8(19)11(21-12)17-4-3-7-9(14)15-6-16-10(7)17/h3-4,6,8,11,18-20H,5H2,1-2H3,(H2,14,15,16)/t8-,11+,12+,13-/m0/s1. The van der Waals surface area contributed by atoms with Crippen molar-refractivity contribution in [2.75, 3.05) is 12.3 Å². The van der Waals surface area contributed by atoms with Gasteiger partial charge in [0.15, 0.2) is 6.23 Å². The second-order valence-corrected chi connectivity index (χ2v) is 5.71. The Bertz CT molecular complexity index is 683. The van der Waals surface area contributed by atoms with Crippen LogP contribution < -0.4 is 5.73 Å². The van der Waals surface area contributed by atoms with Crippen LogP contribution in [0.4, 0.5) is 5.82 Å².